The average Bonchev–Trinajstić information content (AvgIpc) is 3.16. The van der Waals surface area contributed by atoms with Gasteiger partial charge in [0.05, 0.1) is 5.52 Å². The fourth-order valence-electron chi connectivity index (χ4n) is 3.28. The van der Waals surface area contributed by atoms with Crippen molar-refractivity contribution in [3.05, 3.63) is 107 Å². The minimum Gasteiger partial charge on any atom is -0.402 e. The molecule has 4 aromatic rings. The Kier molecular flexibility index (Phi) is 5.10. The molecular weight excluding hydrogens is 404 g/mol. The molecule has 2 heterocycles. The summed E-state index contributed by atoms with van der Waals surface area (Å²) in [4.78, 5) is 22.9. The zero-order valence-corrected chi connectivity index (χ0v) is 17.6. The molecule has 3 aromatic carbocycles. The van der Waals surface area contributed by atoms with E-state index in [9.17, 15) is 4.79 Å². The van der Waals surface area contributed by atoms with E-state index in [-0.39, 0.29) is 5.70 Å². The zero-order valence-electron chi connectivity index (χ0n) is 16.8. The molecule has 0 spiro atoms. The molecule has 31 heavy (non-hydrogen) atoms. The number of nitrogens with zero attached hydrogens (tertiary/aromatic N) is 2. The third-order valence-corrected chi connectivity index (χ3v) is 5.91. The molecule has 0 aliphatic carbocycles. The summed E-state index contributed by atoms with van der Waals surface area (Å²) in [6.45, 7) is 2.06. The van der Waals surface area contributed by atoms with Gasteiger partial charge in [0.2, 0.25) is 5.90 Å². The Labute approximate surface area is 184 Å². The van der Waals surface area contributed by atoms with Crippen LogP contribution < -0.4 is 0 Å². The molecule has 0 fully saturated rings. The maximum absolute atomic E-state index is 12.5. The van der Waals surface area contributed by atoms with Gasteiger partial charge in [0.15, 0.2) is 5.70 Å². The lowest BCUT2D eigenvalue weighted by atomic mass is 10.1. The lowest BCUT2D eigenvalue weighted by Crippen LogP contribution is -2.05. The van der Waals surface area contributed by atoms with Crippen LogP contribution in [-0.2, 0) is 9.53 Å². The van der Waals surface area contributed by atoms with Crippen molar-refractivity contribution in [3.8, 4) is 0 Å². The van der Waals surface area contributed by atoms with Gasteiger partial charge < -0.3 is 4.74 Å². The highest BCUT2D eigenvalue weighted by Crippen LogP contribution is 2.33. The van der Waals surface area contributed by atoms with Crippen molar-refractivity contribution in [2.45, 2.75) is 16.8 Å². The molecule has 0 saturated heterocycles. The highest BCUT2D eigenvalue weighted by molar-refractivity contribution is 7.99. The molecule has 0 amide bonds. The summed E-state index contributed by atoms with van der Waals surface area (Å²) < 4.78 is 5.41. The molecule has 0 atom stereocenters. The maximum Gasteiger partial charge on any atom is 0.363 e. The largest absolute Gasteiger partial charge is 0.402 e. The number of para-hydroxylation sites is 1. The van der Waals surface area contributed by atoms with Gasteiger partial charge in [-0.3, -0.25) is 0 Å². The van der Waals surface area contributed by atoms with Gasteiger partial charge in [-0.1, -0.05) is 65.9 Å². The van der Waals surface area contributed by atoms with E-state index in [1.165, 1.54) is 5.56 Å². The van der Waals surface area contributed by atoms with E-state index in [0.29, 0.717) is 5.90 Å². The van der Waals surface area contributed by atoms with Gasteiger partial charge in [0.1, 0.15) is 5.03 Å². The van der Waals surface area contributed by atoms with Crippen LogP contribution in [0.1, 0.15) is 16.7 Å². The van der Waals surface area contributed by atoms with Crippen LogP contribution >= 0.6 is 11.8 Å². The van der Waals surface area contributed by atoms with Gasteiger partial charge in [0.25, 0.3) is 0 Å². The number of aryl methyl sites for hydroxylation is 1. The van der Waals surface area contributed by atoms with Crippen LogP contribution in [0.4, 0.5) is 0 Å². The van der Waals surface area contributed by atoms with Crippen molar-refractivity contribution >= 4 is 40.6 Å². The number of esters is 1. The summed E-state index contributed by atoms with van der Waals surface area (Å²) >= 11 is 1.56. The van der Waals surface area contributed by atoms with Crippen molar-refractivity contribution in [1.82, 2.24) is 4.98 Å². The van der Waals surface area contributed by atoms with E-state index in [0.717, 1.165) is 32.0 Å². The summed E-state index contributed by atoms with van der Waals surface area (Å²) in [6.07, 6.45) is 1.76. The smallest absolute Gasteiger partial charge is 0.363 e. The number of rotatable bonds is 4. The molecule has 150 valence electrons. The fourth-order valence-corrected chi connectivity index (χ4v) is 4.15. The van der Waals surface area contributed by atoms with E-state index in [1.807, 2.05) is 60.7 Å². The Morgan fingerprint density at radius 1 is 0.903 bits per heavy atom. The minimum atomic E-state index is -0.460. The highest BCUT2D eigenvalue weighted by atomic mass is 32.2. The summed E-state index contributed by atoms with van der Waals surface area (Å²) in [5.74, 6) is -0.142. The molecule has 0 N–H and O–H groups in total. The van der Waals surface area contributed by atoms with Gasteiger partial charge in [-0.15, -0.1) is 0 Å². The lowest BCUT2D eigenvalue weighted by molar-refractivity contribution is -0.129. The molecule has 5 heteroatoms. The summed E-state index contributed by atoms with van der Waals surface area (Å²) in [5, 5.41) is 1.81. The third kappa shape index (κ3) is 4.13. The maximum atomic E-state index is 12.5. The molecule has 4 nitrogen and oxygen atoms in total. The second-order valence-corrected chi connectivity index (χ2v) is 8.25. The minimum absolute atomic E-state index is 0.265. The van der Waals surface area contributed by atoms with E-state index in [2.05, 4.69) is 36.2 Å². The first-order valence-corrected chi connectivity index (χ1v) is 10.7. The van der Waals surface area contributed by atoms with Crippen molar-refractivity contribution in [2.24, 2.45) is 4.99 Å². The number of ether oxygens (including phenoxy) is 1. The number of hydrogen-bond acceptors (Lipinski definition) is 5. The molecular formula is C26H18N2O2S. The highest BCUT2D eigenvalue weighted by Gasteiger charge is 2.24. The first kappa shape index (κ1) is 19.3. The van der Waals surface area contributed by atoms with Crippen LogP contribution in [0.25, 0.3) is 17.0 Å². The number of aliphatic imine (C=N–C) groups is 1. The first-order valence-electron chi connectivity index (χ1n) is 9.88. The second-order valence-electron chi connectivity index (χ2n) is 7.19. The van der Waals surface area contributed by atoms with E-state index in [4.69, 9.17) is 9.72 Å². The summed E-state index contributed by atoms with van der Waals surface area (Å²) in [7, 11) is 0. The number of benzene rings is 3. The predicted octanol–water partition coefficient (Wildman–Crippen LogP) is 6.04. The SMILES string of the molecule is Cc1ccc(Sc2nc3ccccc3cc2/C=C2/N=C(c3ccccc3)OC2=O)cc1. The monoisotopic (exact) mass is 422 g/mol. The molecule has 1 aromatic heterocycles. The second kappa shape index (κ2) is 8.20. The van der Waals surface area contributed by atoms with Crippen molar-refractivity contribution in [3.63, 3.8) is 0 Å². The van der Waals surface area contributed by atoms with E-state index >= 15 is 0 Å². The number of aromatic nitrogens is 1. The van der Waals surface area contributed by atoms with Crippen LogP contribution in [0.2, 0.25) is 0 Å². The molecule has 0 radical (unpaired) electrons. The van der Waals surface area contributed by atoms with Crippen LogP contribution in [-0.4, -0.2) is 16.9 Å². The Bertz CT molecular complexity index is 1340. The van der Waals surface area contributed by atoms with Gasteiger partial charge in [0, 0.05) is 21.4 Å². The quantitative estimate of drug-likeness (QED) is 0.297. The number of cyclic esters (lactones) is 1. The Morgan fingerprint density at radius 2 is 1.65 bits per heavy atom. The fraction of sp³-hybridized carbons (Fsp3) is 0.0385. The average molecular weight is 423 g/mol. The van der Waals surface area contributed by atoms with E-state index < -0.39 is 5.97 Å². The number of pyridine rings is 1. The zero-order chi connectivity index (χ0) is 21.2. The van der Waals surface area contributed by atoms with Crippen molar-refractivity contribution < 1.29 is 9.53 Å². The Morgan fingerprint density at radius 3 is 2.45 bits per heavy atom. The molecule has 0 saturated carbocycles. The molecule has 1 aliphatic rings. The molecule has 0 unspecified atom stereocenters. The van der Waals surface area contributed by atoms with Gasteiger partial charge in [-0.25, -0.2) is 14.8 Å². The number of carbonyl (C=O) groups is 1. The number of fused-ring (bicyclic) bond motifs is 1. The van der Waals surface area contributed by atoms with Gasteiger partial charge in [-0.05, 0) is 49.4 Å². The normalized spacial score (nSPS) is 14.7. The lowest BCUT2D eigenvalue weighted by Gasteiger charge is -2.08. The van der Waals surface area contributed by atoms with Gasteiger partial charge >= 0.3 is 5.97 Å². The summed E-state index contributed by atoms with van der Waals surface area (Å²) in [5.41, 5.74) is 3.97. The Hall–Kier alpha value is -3.70. The third-order valence-electron chi connectivity index (χ3n) is 4.89. The van der Waals surface area contributed by atoms with Crippen molar-refractivity contribution in [2.75, 3.05) is 0 Å². The number of carbonyl (C=O) groups excluding carboxylic acids is 1. The summed E-state index contributed by atoms with van der Waals surface area (Å²) in [6, 6.07) is 27.7. The molecule has 1 aliphatic heterocycles. The van der Waals surface area contributed by atoms with E-state index in [1.54, 1.807) is 17.8 Å². The van der Waals surface area contributed by atoms with Crippen LogP contribution in [0.15, 0.2) is 106 Å². The topological polar surface area (TPSA) is 51.6 Å². The van der Waals surface area contributed by atoms with Crippen LogP contribution in [0.5, 0.6) is 0 Å². The van der Waals surface area contributed by atoms with Crippen molar-refractivity contribution in [1.29, 1.82) is 0 Å². The first-order chi connectivity index (χ1) is 15.2. The molecule has 0 bridgehead atoms. The predicted molar refractivity (Wildman–Crippen MR) is 124 cm³/mol. The molecule has 5 rings (SSSR count). The number of hydrogen-bond donors (Lipinski definition) is 0. The standard InChI is InChI=1S/C26H18N2O2S/c1-17-11-13-21(14-12-17)31-25-20(15-19-9-5-6-10-22(19)28-25)16-23-26(29)30-24(27-23)18-7-3-2-4-8-18/h2-16H,1H3/b23-16+. The van der Waals surface area contributed by atoms with Crippen LogP contribution in [0.3, 0.4) is 0 Å². The Balaban J connectivity index is 1.58. The van der Waals surface area contributed by atoms with Crippen LogP contribution in [0, 0.1) is 6.92 Å². The van der Waals surface area contributed by atoms with Gasteiger partial charge in [-0.2, -0.15) is 0 Å².